The second kappa shape index (κ2) is 6.91. The zero-order chi connectivity index (χ0) is 14.4. The third kappa shape index (κ3) is 3.48. The molecule has 0 radical (unpaired) electrons. The fourth-order valence-corrected chi connectivity index (χ4v) is 2.02. The molecule has 0 saturated heterocycles. The molecule has 20 heavy (non-hydrogen) atoms. The number of carbonyl (C=O) groups excluding carboxylic acids is 1. The molecule has 0 fully saturated rings. The molecule has 1 amide bonds. The van der Waals surface area contributed by atoms with Gasteiger partial charge in [-0.1, -0.05) is 37.3 Å². The Hall–Kier alpha value is -2.07. The van der Waals surface area contributed by atoms with Gasteiger partial charge in [-0.15, -0.1) is 0 Å². The first-order valence-electron chi connectivity index (χ1n) is 6.74. The number of amides is 1. The molecule has 0 bridgehead atoms. The summed E-state index contributed by atoms with van der Waals surface area (Å²) in [6, 6.07) is 12.0. The molecule has 2 aromatic rings. The van der Waals surface area contributed by atoms with Gasteiger partial charge in [0.05, 0.1) is 6.61 Å². The minimum atomic E-state index is -0.221. The highest BCUT2D eigenvalue weighted by Crippen LogP contribution is 2.28. The SMILES string of the molecule is CCCOc1ccc2ccccc2c1CONC(C)=O. The number of nitrogens with one attached hydrogen (secondary N) is 1. The number of benzene rings is 2. The normalized spacial score (nSPS) is 10.5. The summed E-state index contributed by atoms with van der Waals surface area (Å²) in [4.78, 5) is 16.1. The Bertz CT molecular complexity index is 595. The van der Waals surface area contributed by atoms with E-state index in [1.807, 2.05) is 36.4 Å². The van der Waals surface area contributed by atoms with E-state index in [4.69, 9.17) is 9.57 Å². The van der Waals surface area contributed by atoms with Crippen molar-refractivity contribution < 1.29 is 14.4 Å². The molecule has 0 atom stereocenters. The zero-order valence-electron chi connectivity index (χ0n) is 11.8. The second-order valence-corrected chi connectivity index (χ2v) is 4.56. The molecule has 2 aromatic carbocycles. The summed E-state index contributed by atoms with van der Waals surface area (Å²) in [7, 11) is 0. The predicted octanol–water partition coefficient (Wildman–Crippen LogP) is 3.20. The fourth-order valence-electron chi connectivity index (χ4n) is 2.02. The Morgan fingerprint density at radius 3 is 2.75 bits per heavy atom. The van der Waals surface area contributed by atoms with Crippen LogP contribution >= 0.6 is 0 Å². The summed E-state index contributed by atoms with van der Waals surface area (Å²) in [5.74, 6) is 0.581. The molecule has 1 N–H and O–H groups in total. The van der Waals surface area contributed by atoms with Crippen molar-refractivity contribution in [3.05, 3.63) is 42.0 Å². The number of carbonyl (C=O) groups is 1. The molecule has 0 aliphatic heterocycles. The van der Waals surface area contributed by atoms with Gasteiger partial charge in [-0.3, -0.25) is 9.63 Å². The van der Waals surface area contributed by atoms with Crippen LogP contribution in [0.1, 0.15) is 25.8 Å². The average molecular weight is 273 g/mol. The summed E-state index contributed by atoms with van der Waals surface area (Å²) in [6.45, 7) is 4.41. The Labute approximate surface area is 118 Å². The van der Waals surface area contributed by atoms with Crippen molar-refractivity contribution in [2.75, 3.05) is 6.61 Å². The van der Waals surface area contributed by atoms with Gasteiger partial charge < -0.3 is 4.74 Å². The number of hydroxylamine groups is 1. The van der Waals surface area contributed by atoms with E-state index in [-0.39, 0.29) is 12.5 Å². The number of ether oxygens (including phenoxy) is 1. The van der Waals surface area contributed by atoms with Crippen LogP contribution in [0.15, 0.2) is 36.4 Å². The monoisotopic (exact) mass is 273 g/mol. The maximum Gasteiger partial charge on any atom is 0.240 e. The Morgan fingerprint density at radius 1 is 1.20 bits per heavy atom. The molecule has 0 spiro atoms. The standard InChI is InChI=1S/C16H19NO3/c1-3-10-19-16-9-8-13-6-4-5-7-14(13)15(16)11-20-17-12(2)18/h4-9H,3,10-11H2,1-2H3,(H,17,18). The van der Waals surface area contributed by atoms with Gasteiger partial charge in [-0.05, 0) is 23.3 Å². The van der Waals surface area contributed by atoms with Crippen LogP contribution in [0.25, 0.3) is 10.8 Å². The van der Waals surface area contributed by atoms with E-state index < -0.39 is 0 Å². The number of rotatable bonds is 6. The van der Waals surface area contributed by atoms with Crippen molar-refractivity contribution in [1.82, 2.24) is 5.48 Å². The second-order valence-electron chi connectivity index (χ2n) is 4.56. The summed E-state index contributed by atoms with van der Waals surface area (Å²) in [5, 5.41) is 2.20. The third-order valence-electron chi connectivity index (χ3n) is 2.89. The number of hydrogen-bond donors (Lipinski definition) is 1. The van der Waals surface area contributed by atoms with E-state index in [0.29, 0.717) is 6.61 Å². The Morgan fingerprint density at radius 2 is 2.00 bits per heavy atom. The molecule has 0 aliphatic carbocycles. The first-order valence-corrected chi connectivity index (χ1v) is 6.74. The maximum absolute atomic E-state index is 10.9. The first-order chi connectivity index (χ1) is 9.72. The lowest BCUT2D eigenvalue weighted by molar-refractivity contribution is -0.132. The van der Waals surface area contributed by atoms with Crippen LogP contribution in [0.5, 0.6) is 5.75 Å². The first kappa shape index (κ1) is 14.3. The lowest BCUT2D eigenvalue weighted by Crippen LogP contribution is -2.20. The lowest BCUT2D eigenvalue weighted by atomic mass is 10.0. The zero-order valence-corrected chi connectivity index (χ0v) is 11.8. The third-order valence-corrected chi connectivity index (χ3v) is 2.89. The molecule has 2 rings (SSSR count). The molecular formula is C16H19NO3. The number of fused-ring (bicyclic) bond motifs is 1. The largest absolute Gasteiger partial charge is 0.493 e. The summed E-state index contributed by atoms with van der Waals surface area (Å²) in [6.07, 6.45) is 0.943. The van der Waals surface area contributed by atoms with Crippen molar-refractivity contribution in [2.24, 2.45) is 0 Å². The van der Waals surface area contributed by atoms with Crippen molar-refractivity contribution in [1.29, 1.82) is 0 Å². The average Bonchev–Trinajstić information content (AvgIpc) is 2.45. The minimum Gasteiger partial charge on any atom is -0.493 e. The Balaban J connectivity index is 2.31. The van der Waals surface area contributed by atoms with Crippen molar-refractivity contribution in [3.8, 4) is 5.75 Å². The van der Waals surface area contributed by atoms with Gasteiger partial charge >= 0.3 is 0 Å². The van der Waals surface area contributed by atoms with Crippen LogP contribution in [-0.2, 0) is 16.2 Å². The van der Waals surface area contributed by atoms with Gasteiger partial charge in [0.1, 0.15) is 12.4 Å². The van der Waals surface area contributed by atoms with Crippen LogP contribution in [0.2, 0.25) is 0 Å². The number of hydrogen-bond acceptors (Lipinski definition) is 3. The molecule has 106 valence electrons. The smallest absolute Gasteiger partial charge is 0.240 e. The lowest BCUT2D eigenvalue weighted by Gasteiger charge is -2.14. The van der Waals surface area contributed by atoms with Crippen molar-refractivity contribution in [2.45, 2.75) is 26.9 Å². The minimum absolute atomic E-state index is 0.221. The van der Waals surface area contributed by atoms with Gasteiger partial charge in [0.25, 0.3) is 0 Å². The molecule has 4 nitrogen and oxygen atoms in total. The predicted molar refractivity (Wildman–Crippen MR) is 78.3 cm³/mol. The van der Waals surface area contributed by atoms with E-state index in [1.165, 1.54) is 6.92 Å². The summed E-state index contributed by atoms with van der Waals surface area (Å²) < 4.78 is 5.76. The van der Waals surface area contributed by atoms with Gasteiger partial charge in [0.15, 0.2) is 0 Å². The molecule has 0 aliphatic rings. The maximum atomic E-state index is 10.9. The molecule has 0 heterocycles. The van der Waals surface area contributed by atoms with E-state index in [2.05, 4.69) is 12.4 Å². The molecular weight excluding hydrogens is 254 g/mol. The molecule has 4 heteroatoms. The van der Waals surface area contributed by atoms with Crippen LogP contribution in [-0.4, -0.2) is 12.5 Å². The van der Waals surface area contributed by atoms with Crippen LogP contribution in [0.4, 0.5) is 0 Å². The van der Waals surface area contributed by atoms with Gasteiger partial charge in [0, 0.05) is 12.5 Å². The molecule has 0 saturated carbocycles. The summed E-state index contributed by atoms with van der Waals surface area (Å²) >= 11 is 0. The van der Waals surface area contributed by atoms with Crippen LogP contribution in [0, 0.1) is 0 Å². The van der Waals surface area contributed by atoms with E-state index in [9.17, 15) is 4.79 Å². The highest BCUT2D eigenvalue weighted by molar-refractivity contribution is 5.87. The van der Waals surface area contributed by atoms with E-state index in [0.717, 1.165) is 28.5 Å². The highest BCUT2D eigenvalue weighted by Gasteiger charge is 2.09. The summed E-state index contributed by atoms with van der Waals surface area (Å²) in [5.41, 5.74) is 3.30. The Kier molecular flexibility index (Phi) is 4.96. The van der Waals surface area contributed by atoms with E-state index in [1.54, 1.807) is 0 Å². The van der Waals surface area contributed by atoms with E-state index >= 15 is 0 Å². The van der Waals surface area contributed by atoms with Gasteiger partial charge in [-0.25, -0.2) is 5.48 Å². The van der Waals surface area contributed by atoms with Crippen molar-refractivity contribution in [3.63, 3.8) is 0 Å². The topological polar surface area (TPSA) is 47.6 Å². The van der Waals surface area contributed by atoms with Crippen LogP contribution < -0.4 is 10.2 Å². The highest BCUT2D eigenvalue weighted by atomic mass is 16.7. The quantitative estimate of drug-likeness (QED) is 0.822. The fraction of sp³-hybridized carbons (Fsp3) is 0.312. The molecule has 0 unspecified atom stereocenters. The van der Waals surface area contributed by atoms with Crippen molar-refractivity contribution >= 4 is 16.7 Å². The van der Waals surface area contributed by atoms with Gasteiger partial charge in [0.2, 0.25) is 5.91 Å². The molecule has 0 aromatic heterocycles. The van der Waals surface area contributed by atoms with Gasteiger partial charge in [-0.2, -0.15) is 0 Å². The van der Waals surface area contributed by atoms with Crippen LogP contribution in [0.3, 0.4) is 0 Å².